The van der Waals surface area contributed by atoms with E-state index in [1.165, 1.54) is 0 Å². The van der Waals surface area contributed by atoms with Gasteiger partial charge in [0, 0.05) is 27.6 Å². The van der Waals surface area contributed by atoms with Crippen molar-refractivity contribution < 1.29 is 14.6 Å². The lowest BCUT2D eigenvalue weighted by Gasteiger charge is -2.13. The Morgan fingerprint density at radius 2 is 1.65 bits per heavy atom. The first-order chi connectivity index (χ1) is 19.5. The van der Waals surface area contributed by atoms with Gasteiger partial charge in [0.25, 0.3) is 0 Å². The van der Waals surface area contributed by atoms with Gasteiger partial charge in [0.2, 0.25) is 0 Å². The van der Waals surface area contributed by atoms with Crippen LogP contribution in [0.3, 0.4) is 0 Å². The molecule has 0 radical (unpaired) electrons. The van der Waals surface area contributed by atoms with Gasteiger partial charge in [0.05, 0.1) is 34.9 Å². The molecule has 0 amide bonds. The minimum absolute atomic E-state index is 0.241. The minimum Gasteiger partial charge on any atom is -0.497 e. The van der Waals surface area contributed by atoms with Crippen LogP contribution in [0.4, 0.5) is 0 Å². The van der Waals surface area contributed by atoms with Crippen LogP contribution in [0.25, 0.3) is 55.7 Å². The van der Waals surface area contributed by atoms with Gasteiger partial charge in [-0.1, -0.05) is 35.9 Å². The summed E-state index contributed by atoms with van der Waals surface area (Å²) in [5, 5.41) is 11.1. The molecule has 1 N–H and O–H groups in total. The van der Waals surface area contributed by atoms with Gasteiger partial charge in [-0.15, -0.1) is 0 Å². The molecular weight excluding hydrogens is 522 g/mol. The Morgan fingerprint density at radius 1 is 0.850 bits per heavy atom. The normalized spacial score (nSPS) is 13.2. The van der Waals surface area contributed by atoms with E-state index < -0.39 is 5.97 Å². The number of ether oxygens (including phenoxy) is 1. The lowest BCUT2D eigenvalue weighted by Crippen LogP contribution is -1.98. The zero-order chi connectivity index (χ0) is 27.4. The molecule has 0 saturated heterocycles. The zero-order valence-electron chi connectivity index (χ0n) is 21.6. The van der Waals surface area contributed by atoms with Gasteiger partial charge < -0.3 is 14.4 Å². The minimum atomic E-state index is -0.952. The molecular formula is C33H24ClN3O3. The van der Waals surface area contributed by atoms with Crippen LogP contribution in [0.15, 0.2) is 91.0 Å². The van der Waals surface area contributed by atoms with Crippen molar-refractivity contribution in [1.29, 1.82) is 0 Å². The number of rotatable bonds is 6. The lowest BCUT2D eigenvalue weighted by molar-refractivity contribution is 0.0697. The fourth-order valence-corrected chi connectivity index (χ4v) is 5.42. The van der Waals surface area contributed by atoms with Crippen molar-refractivity contribution in [2.75, 3.05) is 7.11 Å². The zero-order valence-corrected chi connectivity index (χ0v) is 22.4. The first-order valence-corrected chi connectivity index (χ1v) is 13.5. The van der Waals surface area contributed by atoms with Gasteiger partial charge in [-0.3, -0.25) is 0 Å². The number of fused-ring (bicyclic) bond motifs is 2. The fourth-order valence-electron chi connectivity index (χ4n) is 5.30. The maximum absolute atomic E-state index is 11.5. The predicted octanol–water partition coefficient (Wildman–Crippen LogP) is 8.28. The number of imidazole rings is 1. The van der Waals surface area contributed by atoms with Gasteiger partial charge in [-0.05, 0) is 90.7 Å². The van der Waals surface area contributed by atoms with Crippen LogP contribution in [0, 0.1) is 0 Å². The maximum atomic E-state index is 11.5. The monoisotopic (exact) mass is 545 g/mol. The van der Waals surface area contributed by atoms with Crippen LogP contribution in [0.1, 0.15) is 29.2 Å². The van der Waals surface area contributed by atoms with E-state index in [1.807, 2.05) is 66.7 Å². The number of aromatic carboxylic acids is 1. The van der Waals surface area contributed by atoms with Crippen molar-refractivity contribution in [3.05, 3.63) is 102 Å². The Kier molecular flexibility index (Phi) is 5.79. The van der Waals surface area contributed by atoms with Gasteiger partial charge in [-0.25, -0.2) is 14.8 Å². The number of carboxylic acids is 1. The lowest BCUT2D eigenvalue weighted by atomic mass is 9.96. The first kappa shape index (κ1) is 24.4. The highest BCUT2D eigenvalue weighted by molar-refractivity contribution is 6.30. The summed E-state index contributed by atoms with van der Waals surface area (Å²) in [6.45, 7) is 0. The van der Waals surface area contributed by atoms with E-state index in [4.69, 9.17) is 26.3 Å². The second kappa shape index (κ2) is 9.50. The number of hydrogen-bond acceptors (Lipinski definition) is 4. The van der Waals surface area contributed by atoms with Crippen LogP contribution in [0.2, 0.25) is 5.02 Å². The highest BCUT2D eigenvalue weighted by atomic mass is 35.5. The Bertz CT molecular complexity index is 1940. The summed E-state index contributed by atoms with van der Waals surface area (Å²) in [4.78, 5) is 21.4. The molecule has 196 valence electrons. The highest BCUT2D eigenvalue weighted by Crippen LogP contribution is 2.42. The van der Waals surface area contributed by atoms with E-state index in [9.17, 15) is 9.90 Å². The van der Waals surface area contributed by atoms with Crippen LogP contribution in [-0.4, -0.2) is 32.7 Å². The van der Waals surface area contributed by atoms with Crippen molar-refractivity contribution in [3.8, 4) is 39.5 Å². The standard InChI is InChI=1S/C33H24ClN3O3/c1-40-25-11-12-26(19-2-7-23(34)8-3-19)27(18-25)29-14-4-20-16-21(5-13-28(20)35-29)32-36-30-17-22(33(38)39)6-15-31(30)37(32)24-9-10-24/h2-8,11-18,24H,9-10H2,1H3,(H,38,39). The average Bonchev–Trinajstić information content (AvgIpc) is 3.75. The summed E-state index contributed by atoms with van der Waals surface area (Å²) >= 11 is 6.14. The van der Waals surface area contributed by atoms with E-state index in [0.717, 1.165) is 68.8 Å². The molecule has 1 fully saturated rings. The SMILES string of the molecule is COc1ccc(-c2ccc(Cl)cc2)c(-c2ccc3cc(-c4nc5cc(C(=O)O)ccc5n4C4CC4)ccc3n2)c1. The molecule has 7 rings (SSSR count). The van der Waals surface area contributed by atoms with E-state index >= 15 is 0 Å². The quantitative estimate of drug-likeness (QED) is 0.228. The predicted molar refractivity (Wildman–Crippen MR) is 158 cm³/mol. The second-order valence-electron chi connectivity index (χ2n) is 10.1. The number of nitrogens with zero attached hydrogens (tertiary/aromatic N) is 3. The highest BCUT2D eigenvalue weighted by Gasteiger charge is 2.29. The van der Waals surface area contributed by atoms with E-state index in [0.29, 0.717) is 16.6 Å². The number of benzene rings is 4. The van der Waals surface area contributed by atoms with Crippen molar-refractivity contribution in [2.24, 2.45) is 0 Å². The van der Waals surface area contributed by atoms with E-state index in [2.05, 4.69) is 16.7 Å². The molecule has 0 unspecified atom stereocenters. The van der Waals surface area contributed by atoms with Gasteiger partial charge in [0.15, 0.2) is 0 Å². The Balaban J connectivity index is 1.32. The third-order valence-corrected chi connectivity index (χ3v) is 7.71. The summed E-state index contributed by atoms with van der Waals surface area (Å²) in [5.41, 5.74) is 7.65. The molecule has 2 aromatic heterocycles. The Morgan fingerprint density at radius 3 is 2.40 bits per heavy atom. The summed E-state index contributed by atoms with van der Waals surface area (Å²) in [7, 11) is 1.66. The number of aromatic nitrogens is 3. The summed E-state index contributed by atoms with van der Waals surface area (Å²) in [6, 6.07) is 29.6. The molecule has 1 aliphatic rings. The summed E-state index contributed by atoms with van der Waals surface area (Å²) < 4.78 is 7.78. The number of carboxylic acid groups (broad SMARTS) is 1. The van der Waals surface area contributed by atoms with Crippen molar-refractivity contribution >= 4 is 39.5 Å². The third-order valence-electron chi connectivity index (χ3n) is 7.45. The number of hydrogen-bond donors (Lipinski definition) is 1. The third kappa shape index (κ3) is 4.27. The Hall–Kier alpha value is -4.68. The molecule has 6 aromatic rings. The number of pyridine rings is 1. The summed E-state index contributed by atoms with van der Waals surface area (Å²) in [6.07, 6.45) is 2.18. The smallest absolute Gasteiger partial charge is 0.335 e. The molecule has 0 bridgehead atoms. The average molecular weight is 546 g/mol. The molecule has 6 nitrogen and oxygen atoms in total. The summed E-state index contributed by atoms with van der Waals surface area (Å²) in [5.74, 6) is 0.658. The molecule has 1 aliphatic carbocycles. The van der Waals surface area contributed by atoms with E-state index in [-0.39, 0.29) is 5.56 Å². The first-order valence-electron chi connectivity index (χ1n) is 13.1. The number of halogens is 1. The maximum Gasteiger partial charge on any atom is 0.335 e. The molecule has 2 heterocycles. The molecule has 40 heavy (non-hydrogen) atoms. The van der Waals surface area contributed by atoms with Gasteiger partial charge >= 0.3 is 5.97 Å². The molecule has 1 saturated carbocycles. The van der Waals surface area contributed by atoms with Gasteiger partial charge in [-0.2, -0.15) is 0 Å². The van der Waals surface area contributed by atoms with Crippen LogP contribution in [0.5, 0.6) is 5.75 Å². The van der Waals surface area contributed by atoms with Crippen LogP contribution >= 0.6 is 11.6 Å². The Labute approximate surface area is 235 Å². The van der Waals surface area contributed by atoms with Crippen molar-refractivity contribution in [1.82, 2.24) is 14.5 Å². The van der Waals surface area contributed by atoms with Crippen LogP contribution in [-0.2, 0) is 0 Å². The fraction of sp³-hybridized carbons (Fsp3) is 0.121. The van der Waals surface area contributed by atoms with Crippen molar-refractivity contribution in [3.63, 3.8) is 0 Å². The molecule has 0 aliphatic heterocycles. The van der Waals surface area contributed by atoms with Crippen LogP contribution < -0.4 is 4.74 Å². The number of carbonyl (C=O) groups is 1. The molecule has 4 aromatic carbocycles. The molecule has 0 spiro atoms. The second-order valence-corrected chi connectivity index (χ2v) is 10.5. The largest absolute Gasteiger partial charge is 0.497 e. The molecule has 0 atom stereocenters. The topological polar surface area (TPSA) is 77.2 Å². The van der Waals surface area contributed by atoms with Gasteiger partial charge in [0.1, 0.15) is 11.6 Å². The van der Waals surface area contributed by atoms with E-state index in [1.54, 1.807) is 19.2 Å². The molecule has 7 heteroatoms. The van der Waals surface area contributed by atoms with Crippen molar-refractivity contribution in [2.45, 2.75) is 18.9 Å². The number of methoxy groups -OCH3 is 1.